The zero-order valence-electron chi connectivity index (χ0n) is 23.1. The molecule has 3 rings (SSSR count). The molecule has 5 heteroatoms. The summed E-state index contributed by atoms with van der Waals surface area (Å²) >= 11 is 0. The minimum absolute atomic E-state index is 0.0207. The standard InChI is InChI=1S/C30H45BO3Si/c1-25(17-15-23-31-33-29(5,6)30(7,8)34-31)18-16-24-32-35(28(2,3)4,26-19-11-9-12-20-26)27-21-13-10-14-22-27/h9-15,19-23,25H,16-18,24H2,1-8H3/b23-15+/t25-/m0/s1. The average molecular weight is 493 g/mol. The maximum atomic E-state index is 7.03. The van der Waals surface area contributed by atoms with Crippen molar-refractivity contribution in [2.45, 2.75) is 90.9 Å². The fraction of sp³-hybridized carbons (Fsp3) is 0.533. The van der Waals surface area contributed by atoms with E-state index in [-0.39, 0.29) is 23.4 Å². The molecule has 190 valence electrons. The van der Waals surface area contributed by atoms with E-state index >= 15 is 0 Å². The SMILES string of the molecule is C[C@@H](C/C=C/B1OC(C)(C)C(C)(C)O1)CCCO[Si](c1ccccc1)(c1ccccc1)C(C)(C)C. The van der Waals surface area contributed by atoms with Gasteiger partial charge in [0.1, 0.15) is 0 Å². The van der Waals surface area contributed by atoms with Crippen LogP contribution < -0.4 is 10.4 Å². The minimum Gasteiger partial charge on any atom is -0.407 e. The molecule has 0 saturated carbocycles. The third-order valence-electron chi connectivity index (χ3n) is 7.68. The molecule has 2 aromatic rings. The third kappa shape index (κ3) is 6.37. The Morgan fingerprint density at radius 2 is 1.37 bits per heavy atom. The Morgan fingerprint density at radius 1 is 0.886 bits per heavy atom. The summed E-state index contributed by atoms with van der Waals surface area (Å²) in [5, 5.41) is 2.71. The highest BCUT2D eigenvalue weighted by Gasteiger charge is 2.51. The predicted molar refractivity (Wildman–Crippen MR) is 152 cm³/mol. The Balaban J connectivity index is 1.60. The molecule has 2 aromatic carbocycles. The summed E-state index contributed by atoms with van der Waals surface area (Å²) in [6, 6.07) is 21.8. The van der Waals surface area contributed by atoms with Gasteiger partial charge in [0, 0.05) is 6.61 Å². The van der Waals surface area contributed by atoms with Crippen LogP contribution in [0.25, 0.3) is 0 Å². The van der Waals surface area contributed by atoms with E-state index in [1.54, 1.807) is 0 Å². The predicted octanol–water partition coefficient (Wildman–Crippen LogP) is 6.56. The number of hydrogen-bond donors (Lipinski definition) is 0. The average Bonchev–Trinajstić information content (AvgIpc) is 3.00. The van der Waals surface area contributed by atoms with E-state index < -0.39 is 8.32 Å². The van der Waals surface area contributed by atoms with Crippen molar-refractivity contribution in [3.8, 4) is 0 Å². The van der Waals surface area contributed by atoms with Crippen LogP contribution >= 0.6 is 0 Å². The van der Waals surface area contributed by atoms with Crippen molar-refractivity contribution in [2.75, 3.05) is 6.61 Å². The van der Waals surface area contributed by atoms with Gasteiger partial charge in [0.15, 0.2) is 0 Å². The molecular formula is C30H45BO3Si. The second-order valence-electron chi connectivity index (χ2n) is 12.0. The van der Waals surface area contributed by atoms with Crippen molar-refractivity contribution in [3.05, 3.63) is 72.7 Å². The molecule has 1 atom stereocenters. The van der Waals surface area contributed by atoms with E-state index in [1.807, 2.05) is 0 Å². The molecule has 0 radical (unpaired) electrons. The zero-order chi connectivity index (χ0) is 25.7. The lowest BCUT2D eigenvalue weighted by Gasteiger charge is -2.43. The van der Waals surface area contributed by atoms with E-state index in [4.69, 9.17) is 13.7 Å². The van der Waals surface area contributed by atoms with Gasteiger partial charge in [0.05, 0.1) is 11.2 Å². The highest BCUT2D eigenvalue weighted by Crippen LogP contribution is 2.38. The molecule has 1 aliphatic heterocycles. The molecule has 3 nitrogen and oxygen atoms in total. The van der Waals surface area contributed by atoms with Crippen LogP contribution in [0.4, 0.5) is 0 Å². The van der Waals surface area contributed by atoms with Gasteiger partial charge in [0.25, 0.3) is 8.32 Å². The summed E-state index contributed by atoms with van der Waals surface area (Å²) < 4.78 is 19.2. The van der Waals surface area contributed by atoms with Crippen molar-refractivity contribution in [1.29, 1.82) is 0 Å². The lowest BCUT2D eigenvalue weighted by Crippen LogP contribution is -2.66. The molecule has 1 heterocycles. The van der Waals surface area contributed by atoms with Gasteiger partial charge < -0.3 is 13.7 Å². The Labute approximate surface area is 215 Å². The fourth-order valence-corrected chi connectivity index (χ4v) is 9.53. The maximum absolute atomic E-state index is 7.03. The Hall–Kier alpha value is -1.66. The molecule has 0 aromatic heterocycles. The lowest BCUT2D eigenvalue weighted by atomic mass is 9.88. The van der Waals surface area contributed by atoms with Crippen molar-refractivity contribution in [3.63, 3.8) is 0 Å². The molecule has 0 aliphatic carbocycles. The summed E-state index contributed by atoms with van der Waals surface area (Å²) in [7, 11) is -2.70. The number of hydrogen-bond acceptors (Lipinski definition) is 3. The van der Waals surface area contributed by atoms with Gasteiger partial charge in [-0.15, -0.1) is 0 Å². The number of rotatable bonds is 10. The van der Waals surface area contributed by atoms with Crippen LogP contribution in [0.2, 0.25) is 5.04 Å². The first-order chi connectivity index (χ1) is 16.4. The van der Waals surface area contributed by atoms with Crippen molar-refractivity contribution < 1.29 is 13.7 Å². The van der Waals surface area contributed by atoms with E-state index in [1.165, 1.54) is 10.4 Å². The van der Waals surface area contributed by atoms with Crippen LogP contribution in [0.15, 0.2) is 72.7 Å². The molecule has 0 N–H and O–H groups in total. The van der Waals surface area contributed by atoms with Gasteiger partial charge >= 0.3 is 7.12 Å². The van der Waals surface area contributed by atoms with Gasteiger partial charge in [-0.3, -0.25) is 0 Å². The van der Waals surface area contributed by atoms with E-state index in [0.29, 0.717) is 5.92 Å². The van der Waals surface area contributed by atoms with Crippen LogP contribution in [-0.2, 0) is 13.7 Å². The minimum atomic E-state index is -2.44. The third-order valence-corrected chi connectivity index (χ3v) is 12.7. The Bertz CT molecular complexity index is 895. The number of allylic oxidation sites excluding steroid dienone is 1. The molecule has 0 unspecified atom stereocenters. The fourth-order valence-electron chi connectivity index (χ4n) is 4.93. The first-order valence-electron chi connectivity index (χ1n) is 13.2. The van der Waals surface area contributed by atoms with E-state index in [0.717, 1.165) is 25.9 Å². The summed E-state index contributed by atoms with van der Waals surface area (Å²) in [6.45, 7) is 18.5. The van der Waals surface area contributed by atoms with Crippen molar-refractivity contribution in [1.82, 2.24) is 0 Å². The quantitative estimate of drug-likeness (QED) is 0.278. The highest BCUT2D eigenvalue weighted by atomic mass is 28.4. The summed E-state index contributed by atoms with van der Waals surface area (Å²) in [6.07, 6.45) is 5.42. The van der Waals surface area contributed by atoms with Crippen LogP contribution in [0.1, 0.15) is 74.7 Å². The van der Waals surface area contributed by atoms with Gasteiger partial charge in [-0.25, -0.2) is 0 Å². The molecular weight excluding hydrogens is 447 g/mol. The molecule has 0 spiro atoms. The van der Waals surface area contributed by atoms with Crippen LogP contribution in [0.5, 0.6) is 0 Å². The smallest absolute Gasteiger partial charge is 0.407 e. The Morgan fingerprint density at radius 3 is 1.83 bits per heavy atom. The first-order valence-corrected chi connectivity index (χ1v) is 15.1. The van der Waals surface area contributed by atoms with E-state index in [9.17, 15) is 0 Å². The molecule has 0 amide bonds. The van der Waals surface area contributed by atoms with Crippen LogP contribution in [-0.4, -0.2) is 33.2 Å². The largest absolute Gasteiger partial charge is 0.486 e. The van der Waals surface area contributed by atoms with Crippen LogP contribution in [0, 0.1) is 5.92 Å². The Kier molecular flexibility index (Phi) is 8.91. The van der Waals surface area contributed by atoms with Gasteiger partial charge in [-0.1, -0.05) is 100 Å². The van der Waals surface area contributed by atoms with Crippen molar-refractivity contribution in [2.24, 2.45) is 5.92 Å². The van der Waals surface area contributed by atoms with Gasteiger partial charge in [0.2, 0.25) is 0 Å². The van der Waals surface area contributed by atoms with Gasteiger partial charge in [-0.2, -0.15) is 0 Å². The van der Waals surface area contributed by atoms with Crippen LogP contribution in [0.3, 0.4) is 0 Å². The normalized spacial score (nSPS) is 18.8. The highest BCUT2D eigenvalue weighted by molar-refractivity contribution is 6.99. The molecule has 1 fully saturated rings. The van der Waals surface area contributed by atoms with Gasteiger partial charge in [-0.05, 0) is 68.3 Å². The summed E-state index contributed by atoms with van der Waals surface area (Å²) in [5.41, 5.74) is -0.572. The topological polar surface area (TPSA) is 27.7 Å². The zero-order valence-corrected chi connectivity index (χ0v) is 24.1. The second-order valence-corrected chi connectivity index (χ2v) is 16.4. The van der Waals surface area contributed by atoms with E-state index in [2.05, 4.69) is 128 Å². The second kappa shape index (κ2) is 11.2. The lowest BCUT2D eigenvalue weighted by molar-refractivity contribution is 0.00578. The number of benzene rings is 2. The maximum Gasteiger partial charge on any atom is 0.486 e. The monoisotopic (exact) mass is 492 g/mol. The first kappa shape index (κ1) is 27.9. The summed E-state index contributed by atoms with van der Waals surface area (Å²) in [5.74, 6) is 2.66. The molecule has 1 aliphatic rings. The van der Waals surface area contributed by atoms with Crippen molar-refractivity contribution >= 4 is 25.8 Å². The molecule has 35 heavy (non-hydrogen) atoms. The molecule has 1 saturated heterocycles. The molecule has 0 bridgehead atoms. The summed E-state index contributed by atoms with van der Waals surface area (Å²) in [4.78, 5) is 0.